The summed E-state index contributed by atoms with van der Waals surface area (Å²) in [6, 6.07) is 13.7. The Morgan fingerprint density at radius 1 is 1.14 bits per heavy atom. The lowest BCUT2D eigenvalue weighted by Crippen LogP contribution is -2.14. The third-order valence-corrected chi connectivity index (χ3v) is 5.05. The maximum atomic E-state index is 12.4. The van der Waals surface area contributed by atoms with Gasteiger partial charge in [-0.25, -0.2) is 8.42 Å². The minimum Gasteiger partial charge on any atom is -0.279 e. The van der Waals surface area contributed by atoms with Crippen LogP contribution in [0, 0.1) is 0 Å². The van der Waals surface area contributed by atoms with E-state index < -0.39 is 10.0 Å². The second kappa shape index (κ2) is 6.50. The molecule has 0 radical (unpaired) electrons. The van der Waals surface area contributed by atoms with Crippen LogP contribution in [0.4, 0.5) is 5.69 Å². The first-order valence-corrected chi connectivity index (χ1v) is 8.67. The predicted octanol–water partition coefficient (Wildman–Crippen LogP) is 4.65. The summed E-state index contributed by atoms with van der Waals surface area (Å²) < 4.78 is 27.6. The molecule has 3 nitrogen and oxygen atoms in total. The van der Waals surface area contributed by atoms with Gasteiger partial charge in [0.2, 0.25) is 0 Å². The quantitative estimate of drug-likeness (QED) is 0.870. The van der Waals surface area contributed by atoms with Crippen LogP contribution in [-0.2, 0) is 10.0 Å². The van der Waals surface area contributed by atoms with E-state index in [1.165, 1.54) is 12.1 Å². The predicted molar refractivity (Wildman–Crippen MR) is 87.4 cm³/mol. The third kappa shape index (κ3) is 3.77. The normalized spacial score (nSPS) is 12.9. The molecule has 0 aliphatic rings. The smallest absolute Gasteiger partial charge is 0.261 e. The van der Waals surface area contributed by atoms with Gasteiger partial charge in [0, 0.05) is 5.02 Å². The summed E-state index contributed by atoms with van der Waals surface area (Å²) >= 11 is 5.87. The maximum Gasteiger partial charge on any atom is 0.261 e. The minimum atomic E-state index is -3.63. The molecule has 0 aliphatic carbocycles. The molecule has 1 atom stereocenters. The Labute approximate surface area is 131 Å². The van der Waals surface area contributed by atoms with Crippen molar-refractivity contribution in [1.82, 2.24) is 0 Å². The van der Waals surface area contributed by atoms with Crippen LogP contribution in [0.2, 0.25) is 5.02 Å². The first-order valence-electron chi connectivity index (χ1n) is 6.81. The molecule has 0 heterocycles. The van der Waals surface area contributed by atoms with Gasteiger partial charge < -0.3 is 0 Å². The summed E-state index contributed by atoms with van der Waals surface area (Å²) in [7, 11) is -3.63. The van der Waals surface area contributed by atoms with E-state index in [1.807, 2.05) is 18.2 Å². The first kappa shape index (κ1) is 15.9. The maximum absolute atomic E-state index is 12.4. The standard InChI is InChI=1S/C16H18ClNO2S/c1-3-12(2)15-9-4-5-10-16(15)18-21(19,20)14-8-6-7-13(17)11-14/h4-12,18H,3H2,1-2H3/t12-/m0/s1. The summed E-state index contributed by atoms with van der Waals surface area (Å²) in [5, 5.41) is 0.396. The topological polar surface area (TPSA) is 46.2 Å². The van der Waals surface area contributed by atoms with Crippen molar-refractivity contribution in [3.63, 3.8) is 0 Å². The van der Waals surface area contributed by atoms with Gasteiger partial charge >= 0.3 is 0 Å². The molecule has 112 valence electrons. The summed E-state index contributed by atoms with van der Waals surface area (Å²) in [5.74, 6) is 0.281. The summed E-state index contributed by atoms with van der Waals surface area (Å²) in [5.41, 5.74) is 1.61. The zero-order chi connectivity index (χ0) is 15.5. The van der Waals surface area contributed by atoms with E-state index in [4.69, 9.17) is 11.6 Å². The Balaban J connectivity index is 2.38. The largest absolute Gasteiger partial charge is 0.279 e. The number of nitrogens with one attached hydrogen (secondary N) is 1. The van der Waals surface area contributed by atoms with Crippen LogP contribution >= 0.6 is 11.6 Å². The Morgan fingerprint density at radius 2 is 1.86 bits per heavy atom. The molecule has 0 unspecified atom stereocenters. The van der Waals surface area contributed by atoms with Crippen molar-refractivity contribution in [2.75, 3.05) is 4.72 Å². The van der Waals surface area contributed by atoms with Gasteiger partial charge in [0.05, 0.1) is 10.6 Å². The molecular weight excluding hydrogens is 306 g/mol. The molecule has 0 amide bonds. The fourth-order valence-corrected chi connectivity index (χ4v) is 3.47. The van der Waals surface area contributed by atoms with E-state index >= 15 is 0 Å². The Kier molecular flexibility index (Phi) is 4.91. The van der Waals surface area contributed by atoms with E-state index in [0.717, 1.165) is 12.0 Å². The molecule has 0 aliphatic heterocycles. The number of hydrogen-bond acceptors (Lipinski definition) is 2. The highest BCUT2D eigenvalue weighted by molar-refractivity contribution is 7.92. The van der Waals surface area contributed by atoms with Crippen molar-refractivity contribution < 1.29 is 8.42 Å². The number of hydrogen-bond donors (Lipinski definition) is 1. The van der Waals surface area contributed by atoms with Crippen molar-refractivity contribution in [3.05, 3.63) is 59.1 Å². The molecule has 1 N–H and O–H groups in total. The third-order valence-electron chi connectivity index (χ3n) is 3.45. The average molecular weight is 324 g/mol. The molecule has 0 fully saturated rings. The van der Waals surface area contributed by atoms with E-state index in [-0.39, 0.29) is 10.8 Å². The molecule has 0 spiro atoms. The Hall–Kier alpha value is -1.52. The number of rotatable bonds is 5. The van der Waals surface area contributed by atoms with Crippen LogP contribution in [0.25, 0.3) is 0 Å². The fraction of sp³-hybridized carbons (Fsp3) is 0.250. The second-order valence-corrected chi connectivity index (χ2v) is 7.08. The van der Waals surface area contributed by atoms with Gasteiger partial charge in [0.15, 0.2) is 0 Å². The van der Waals surface area contributed by atoms with Gasteiger partial charge in [-0.1, -0.05) is 49.7 Å². The van der Waals surface area contributed by atoms with Crippen LogP contribution in [0.3, 0.4) is 0 Å². The molecule has 0 saturated carbocycles. The zero-order valence-electron chi connectivity index (χ0n) is 12.0. The van der Waals surface area contributed by atoms with Crippen LogP contribution in [0.15, 0.2) is 53.4 Å². The summed E-state index contributed by atoms with van der Waals surface area (Å²) in [6.07, 6.45) is 0.940. The van der Waals surface area contributed by atoms with Gasteiger partial charge in [0.1, 0.15) is 0 Å². The molecule has 21 heavy (non-hydrogen) atoms. The molecule has 0 saturated heterocycles. The monoisotopic (exact) mass is 323 g/mol. The van der Waals surface area contributed by atoms with Crippen LogP contribution in [-0.4, -0.2) is 8.42 Å². The van der Waals surface area contributed by atoms with Crippen molar-refractivity contribution in [3.8, 4) is 0 Å². The molecule has 5 heteroatoms. The number of anilines is 1. The van der Waals surface area contributed by atoms with Crippen molar-refractivity contribution in [1.29, 1.82) is 0 Å². The fourth-order valence-electron chi connectivity index (χ4n) is 2.08. The Morgan fingerprint density at radius 3 is 2.52 bits per heavy atom. The van der Waals surface area contributed by atoms with Gasteiger partial charge in [-0.3, -0.25) is 4.72 Å². The van der Waals surface area contributed by atoms with E-state index in [0.29, 0.717) is 10.7 Å². The molecule has 2 aromatic rings. The lowest BCUT2D eigenvalue weighted by molar-refractivity contribution is 0.601. The summed E-state index contributed by atoms with van der Waals surface area (Å²) in [4.78, 5) is 0.161. The molecule has 2 rings (SSSR count). The van der Waals surface area contributed by atoms with Crippen molar-refractivity contribution in [2.24, 2.45) is 0 Å². The first-order chi connectivity index (χ1) is 9.94. The minimum absolute atomic E-state index is 0.161. The second-order valence-electron chi connectivity index (χ2n) is 4.96. The zero-order valence-corrected chi connectivity index (χ0v) is 13.6. The van der Waals surface area contributed by atoms with Crippen molar-refractivity contribution in [2.45, 2.75) is 31.1 Å². The van der Waals surface area contributed by atoms with Crippen LogP contribution in [0.1, 0.15) is 31.7 Å². The number of sulfonamides is 1. The summed E-state index contributed by atoms with van der Waals surface area (Å²) in [6.45, 7) is 4.15. The molecule has 2 aromatic carbocycles. The highest BCUT2D eigenvalue weighted by Gasteiger charge is 2.17. The van der Waals surface area contributed by atoms with Crippen LogP contribution < -0.4 is 4.72 Å². The van der Waals surface area contributed by atoms with E-state index in [9.17, 15) is 8.42 Å². The van der Waals surface area contributed by atoms with Crippen molar-refractivity contribution >= 4 is 27.3 Å². The number of benzene rings is 2. The number of halogens is 1. The molecule has 0 bridgehead atoms. The average Bonchev–Trinajstić information content (AvgIpc) is 2.46. The lowest BCUT2D eigenvalue weighted by Gasteiger charge is -2.16. The lowest BCUT2D eigenvalue weighted by atomic mass is 9.97. The highest BCUT2D eigenvalue weighted by atomic mass is 35.5. The van der Waals surface area contributed by atoms with E-state index in [1.54, 1.807) is 18.2 Å². The molecular formula is C16H18ClNO2S. The van der Waals surface area contributed by atoms with E-state index in [2.05, 4.69) is 18.6 Å². The molecule has 0 aromatic heterocycles. The van der Waals surface area contributed by atoms with Gasteiger partial charge in [-0.15, -0.1) is 0 Å². The van der Waals surface area contributed by atoms with Gasteiger partial charge in [0.25, 0.3) is 10.0 Å². The number of para-hydroxylation sites is 1. The SMILES string of the molecule is CC[C@H](C)c1ccccc1NS(=O)(=O)c1cccc(Cl)c1. The van der Waals surface area contributed by atoms with Crippen LogP contribution in [0.5, 0.6) is 0 Å². The highest BCUT2D eigenvalue weighted by Crippen LogP contribution is 2.28. The van der Waals surface area contributed by atoms with Gasteiger partial charge in [-0.2, -0.15) is 0 Å². The Bertz CT molecular complexity index is 729. The van der Waals surface area contributed by atoms with Gasteiger partial charge in [-0.05, 0) is 42.2 Å².